The highest BCUT2D eigenvalue weighted by molar-refractivity contribution is 5.74. The Labute approximate surface area is 108 Å². The molecule has 5 nitrogen and oxygen atoms in total. The van der Waals surface area contributed by atoms with Gasteiger partial charge in [-0.2, -0.15) is 5.26 Å². The van der Waals surface area contributed by atoms with Crippen molar-refractivity contribution in [1.82, 2.24) is 4.98 Å². The van der Waals surface area contributed by atoms with E-state index in [1.165, 1.54) is 7.11 Å². The minimum atomic E-state index is -2.91. The van der Waals surface area contributed by atoms with Gasteiger partial charge >= 0.3 is 5.97 Å². The monoisotopic (exact) mass is 270 g/mol. The maximum atomic E-state index is 13.0. The summed E-state index contributed by atoms with van der Waals surface area (Å²) in [6.07, 6.45) is -2.33. The van der Waals surface area contributed by atoms with Gasteiger partial charge < -0.3 is 9.47 Å². The minimum Gasteiger partial charge on any atom is -0.481 e. The molecule has 19 heavy (non-hydrogen) atoms. The summed E-state index contributed by atoms with van der Waals surface area (Å²) in [5, 5.41) is 8.81. The number of hydrogen-bond donors (Lipinski definition) is 0. The SMILES string of the molecule is CCOC(=O)Cc1c(OC)ncc(C#N)c1C(F)F. The van der Waals surface area contributed by atoms with Crippen molar-refractivity contribution < 1.29 is 23.0 Å². The molecule has 102 valence electrons. The van der Waals surface area contributed by atoms with E-state index in [9.17, 15) is 13.6 Å². The fourth-order valence-electron chi connectivity index (χ4n) is 1.59. The third kappa shape index (κ3) is 3.37. The first kappa shape index (κ1) is 14.8. The summed E-state index contributed by atoms with van der Waals surface area (Å²) in [4.78, 5) is 15.2. The molecule has 0 fully saturated rings. The summed E-state index contributed by atoms with van der Waals surface area (Å²) in [6.45, 7) is 1.74. The number of halogens is 2. The molecule has 0 bridgehead atoms. The van der Waals surface area contributed by atoms with E-state index in [2.05, 4.69) is 4.98 Å². The standard InChI is InChI=1S/C12H12F2N2O3/c1-3-19-9(17)4-8-10(11(13)14)7(5-15)6-16-12(8)18-2/h6,11H,3-4H2,1-2H3. The Hall–Kier alpha value is -2.23. The van der Waals surface area contributed by atoms with Gasteiger partial charge in [0.25, 0.3) is 6.43 Å². The van der Waals surface area contributed by atoms with Crippen molar-refractivity contribution in [3.8, 4) is 11.9 Å². The van der Waals surface area contributed by atoms with Crippen molar-refractivity contribution in [3.05, 3.63) is 22.9 Å². The van der Waals surface area contributed by atoms with Crippen molar-refractivity contribution in [2.45, 2.75) is 19.8 Å². The zero-order chi connectivity index (χ0) is 14.4. The summed E-state index contributed by atoms with van der Waals surface area (Å²) < 4.78 is 35.6. The van der Waals surface area contributed by atoms with Crippen LogP contribution in [0, 0.1) is 11.3 Å². The molecular formula is C12H12F2N2O3. The van der Waals surface area contributed by atoms with Gasteiger partial charge in [-0.1, -0.05) is 0 Å². The lowest BCUT2D eigenvalue weighted by atomic mass is 10.0. The first-order chi connectivity index (χ1) is 9.04. The second kappa shape index (κ2) is 6.64. The van der Waals surface area contributed by atoms with E-state index in [-0.39, 0.29) is 23.6 Å². The Morgan fingerprint density at radius 3 is 2.74 bits per heavy atom. The van der Waals surface area contributed by atoms with Gasteiger partial charge in [0, 0.05) is 17.3 Å². The van der Waals surface area contributed by atoms with Crippen LogP contribution in [0.4, 0.5) is 8.78 Å². The van der Waals surface area contributed by atoms with Gasteiger partial charge in [0.05, 0.1) is 25.7 Å². The van der Waals surface area contributed by atoms with Crippen LogP contribution in [0.1, 0.15) is 30.0 Å². The summed E-state index contributed by atoms with van der Waals surface area (Å²) >= 11 is 0. The predicted molar refractivity (Wildman–Crippen MR) is 60.8 cm³/mol. The molecule has 0 radical (unpaired) electrons. The number of alkyl halides is 2. The van der Waals surface area contributed by atoms with Crippen molar-refractivity contribution >= 4 is 5.97 Å². The number of nitriles is 1. The normalized spacial score (nSPS) is 10.1. The molecule has 0 amide bonds. The van der Waals surface area contributed by atoms with Crippen molar-refractivity contribution in [1.29, 1.82) is 5.26 Å². The Morgan fingerprint density at radius 1 is 1.58 bits per heavy atom. The topological polar surface area (TPSA) is 72.2 Å². The van der Waals surface area contributed by atoms with Crippen LogP contribution in [0.3, 0.4) is 0 Å². The van der Waals surface area contributed by atoms with E-state index in [0.29, 0.717) is 0 Å². The highest BCUT2D eigenvalue weighted by atomic mass is 19.3. The van der Waals surface area contributed by atoms with Gasteiger partial charge in [0.1, 0.15) is 6.07 Å². The molecular weight excluding hydrogens is 258 g/mol. The molecule has 0 N–H and O–H groups in total. The van der Waals surface area contributed by atoms with Gasteiger partial charge in [-0.25, -0.2) is 13.8 Å². The summed E-state index contributed by atoms with van der Waals surface area (Å²) in [6, 6.07) is 1.62. The van der Waals surface area contributed by atoms with Gasteiger partial charge in [-0.05, 0) is 6.92 Å². The first-order valence-electron chi connectivity index (χ1n) is 5.44. The van der Waals surface area contributed by atoms with E-state index in [1.807, 2.05) is 0 Å². The molecule has 0 spiro atoms. The quantitative estimate of drug-likeness (QED) is 0.765. The van der Waals surface area contributed by atoms with Crippen LogP contribution in [0.15, 0.2) is 6.20 Å². The van der Waals surface area contributed by atoms with Crippen LogP contribution in [-0.2, 0) is 16.0 Å². The second-order valence-corrected chi connectivity index (χ2v) is 3.47. The molecule has 1 aromatic heterocycles. The van der Waals surface area contributed by atoms with Gasteiger partial charge in [0.15, 0.2) is 0 Å². The largest absolute Gasteiger partial charge is 0.481 e. The highest BCUT2D eigenvalue weighted by Gasteiger charge is 2.24. The van der Waals surface area contributed by atoms with Crippen LogP contribution in [-0.4, -0.2) is 24.7 Å². The molecule has 1 aromatic rings. The number of hydrogen-bond acceptors (Lipinski definition) is 5. The molecule has 0 aliphatic carbocycles. The fraction of sp³-hybridized carbons (Fsp3) is 0.417. The number of pyridine rings is 1. The third-order valence-corrected chi connectivity index (χ3v) is 2.34. The zero-order valence-electron chi connectivity index (χ0n) is 10.4. The average molecular weight is 270 g/mol. The van der Waals surface area contributed by atoms with Gasteiger partial charge in [0.2, 0.25) is 5.88 Å². The zero-order valence-corrected chi connectivity index (χ0v) is 10.4. The number of rotatable bonds is 5. The van der Waals surface area contributed by atoms with Gasteiger partial charge in [-0.15, -0.1) is 0 Å². The molecule has 0 atom stereocenters. The molecule has 0 aromatic carbocycles. The van der Waals surface area contributed by atoms with E-state index < -0.39 is 24.4 Å². The maximum Gasteiger partial charge on any atom is 0.310 e. The van der Waals surface area contributed by atoms with Crippen LogP contribution in [0.2, 0.25) is 0 Å². The Kier molecular flexibility index (Phi) is 5.18. The highest BCUT2D eigenvalue weighted by Crippen LogP contribution is 2.31. The van der Waals surface area contributed by atoms with Crippen LogP contribution in [0.5, 0.6) is 5.88 Å². The molecule has 0 aliphatic rings. The number of esters is 1. The van der Waals surface area contributed by atoms with E-state index in [0.717, 1.165) is 6.20 Å². The number of nitrogens with zero attached hydrogens (tertiary/aromatic N) is 2. The molecule has 0 aliphatic heterocycles. The predicted octanol–water partition coefficient (Wildman–Crippen LogP) is 2.01. The number of carbonyl (C=O) groups excluding carboxylic acids is 1. The second-order valence-electron chi connectivity index (χ2n) is 3.47. The van der Waals surface area contributed by atoms with E-state index in [4.69, 9.17) is 14.7 Å². The lowest BCUT2D eigenvalue weighted by molar-refractivity contribution is -0.142. The molecule has 0 unspecified atom stereocenters. The van der Waals surface area contributed by atoms with Crippen molar-refractivity contribution in [3.63, 3.8) is 0 Å². The third-order valence-electron chi connectivity index (χ3n) is 2.34. The van der Waals surface area contributed by atoms with Crippen LogP contribution in [0.25, 0.3) is 0 Å². The average Bonchev–Trinajstić information content (AvgIpc) is 2.37. The number of methoxy groups -OCH3 is 1. The number of carbonyl (C=O) groups is 1. The lowest BCUT2D eigenvalue weighted by Gasteiger charge is -2.13. The molecule has 1 rings (SSSR count). The van der Waals surface area contributed by atoms with E-state index in [1.54, 1.807) is 13.0 Å². The van der Waals surface area contributed by atoms with E-state index >= 15 is 0 Å². The molecule has 7 heteroatoms. The summed E-state index contributed by atoms with van der Waals surface area (Å²) in [5.74, 6) is -0.790. The summed E-state index contributed by atoms with van der Waals surface area (Å²) in [7, 11) is 1.25. The smallest absolute Gasteiger partial charge is 0.310 e. The minimum absolute atomic E-state index is 0.109. The number of ether oxygens (including phenoxy) is 2. The lowest BCUT2D eigenvalue weighted by Crippen LogP contribution is -2.12. The molecule has 0 saturated heterocycles. The van der Waals surface area contributed by atoms with Crippen LogP contribution < -0.4 is 4.74 Å². The molecule has 1 heterocycles. The fourth-order valence-corrected chi connectivity index (χ4v) is 1.59. The maximum absolute atomic E-state index is 13.0. The van der Waals surface area contributed by atoms with Crippen LogP contribution >= 0.6 is 0 Å². The molecule has 0 saturated carbocycles. The first-order valence-corrected chi connectivity index (χ1v) is 5.44. The van der Waals surface area contributed by atoms with Gasteiger partial charge in [-0.3, -0.25) is 4.79 Å². The summed E-state index contributed by atoms with van der Waals surface area (Å²) in [5.41, 5.74) is -0.937. The Bertz CT molecular complexity index is 512. The van der Waals surface area contributed by atoms with Crippen molar-refractivity contribution in [2.75, 3.05) is 13.7 Å². The Balaban J connectivity index is 3.31. The Morgan fingerprint density at radius 2 is 2.26 bits per heavy atom. The van der Waals surface area contributed by atoms with Crippen molar-refractivity contribution in [2.24, 2.45) is 0 Å². The number of aromatic nitrogens is 1.